The smallest absolute Gasteiger partial charge is 0.308 e. The molecule has 0 heterocycles. The number of hydrogen-bond donors (Lipinski definition) is 0. The molecule has 6 heteroatoms. The van der Waals surface area contributed by atoms with Crippen LogP contribution in [0, 0.1) is 5.92 Å². The summed E-state index contributed by atoms with van der Waals surface area (Å²) in [6.45, 7) is 3.12. The molecule has 0 rings (SSSR count). The fourth-order valence-corrected chi connectivity index (χ4v) is 1.93. The predicted octanol–water partition coefficient (Wildman–Crippen LogP) is 0.550. The summed E-state index contributed by atoms with van der Waals surface area (Å²) in [5.41, 5.74) is 0. The number of hydrogen-bond acceptors (Lipinski definition) is 5. The Hall–Kier alpha value is -0.620. The zero-order valence-electron chi connectivity index (χ0n) is 8.81. The molecule has 0 saturated carbocycles. The van der Waals surface area contributed by atoms with Gasteiger partial charge in [-0.1, -0.05) is 6.92 Å². The van der Waals surface area contributed by atoms with Crippen molar-refractivity contribution in [2.75, 3.05) is 14.2 Å². The molecule has 2 atom stereocenters. The average molecular weight is 224 g/mol. The number of rotatable bonds is 5. The Morgan fingerprint density at radius 3 is 2.14 bits per heavy atom. The Labute approximate surface area is 84.5 Å². The standard InChI is InChI=1S/C8H16O5S/c1-6(8(9)12-3)5-7(2)14(10,11)13-4/h6-7H,5H2,1-4H3. The molecule has 0 N–H and O–H groups in total. The molecule has 0 bridgehead atoms. The van der Waals surface area contributed by atoms with Crippen molar-refractivity contribution in [2.24, 2.45) is 5.92 Å². The lowest BCUT2D eigenvalue weighted by molar-refractivity contribution is -0.145. The Morgan fingerprint density at radius 1 is 1.29 bits per heavy atom. The van der Waals surface area contributed by atoms with Crippen LogP contribution in [0.5, 0.6) is 0 Å². The minimum atomic E-state index is -3.54. The topological polar surface area (TPSA) is 69.7 Å². The van der Waals surface area contributed by atoms with Crippen LogP contribution in [0.15, 0.2) is 0 Å². The molecule has 0 aromatic heterocycles. The van der Waals surface area contributed by atoms with Crippen molar-refractivity contribution in [1.29, 1.82) is 0 Å². The zero-order valence-corrected chi connectivity index (χ0v) is 9.63. The summed E-state index contributed by atoms with van der Waals surface area (Å²) in [5, 5.41) is -0.707. The highest BCUT2D eigenvalue weighted by Gasteiger charge is 2.25. The number of carbonyl (C=O) groups excluding carboxylic acids is 1. The first-order valence-electron chi connectivity index (χ1n) is 4.22. The molecule has 0 aromatic rings. The highest BCUT2D eigenvalue weighted by atomic mass is 32.2. The molecule has 0 fully saturated rings. The van der Waals surface area contributed by atoms with E-state index >= 15 is 0 Å². The highest BCUT2D eigenvalue weighted by molar-refractivity contribution is 7.87. The lowest BCUT2D eigenvalue weighted by Crippen LogP contribution is -2.25. The van der Waals surface area contributed by atoms with E-state index in [0.717, 1.165) is 7.11 Å². The average Bonchev–Trinajstić information content (AvgIpc) is 2.16. The fraction of sp³-hybridized carbons (Fsp3) is 0.875. The van der Waals surface area contributed by atoms with Crippen LogP contribution in [-0.4, -0.2) is 33.9 Å². The molecule has 5 nitrogen and oxygen atoms in total. The first-order chi connectivity index (χ1) is 6.35. The van der Waals surface area contributed by atoms with E-state index in [1.54, 1.807) is 6.92 Å². The van der Waals surface area contributed by atoms with E-state index in [4.69, 9.17) is 0 Å². The lowest BCUT2D eigenvalue weighted by atomic mass is 10.1. The van der Waals surface area contributed by atoms with Gasteiger partial charge in [-0.3, -0.25) is 8.98 Å². The van der Waals surface area contributed by atoms with Crippen molar-refractivity contribution in [3.63, 3.8) is 0 Å². The molecule has 2 unspecified atom stereocenters. The summed E-state index contributed by atoms with van der Waals surface area (Å²) in [6, 6.07) is 0. The van der Waals surface area contributed by atoms with Gasteiger partial charge in [-0.2, -0.15) is 8.42 Å². The third kappa shape index (κ3) is 3.63. The summed E-state index contributed by atoms with van der Waals surface area (Å²) in [4.78, 5) is 11.0. The van der Waals surface area contributed by atoms with Crippen molar-refractivity contribution >= 4 is 16.1 Å². The van der Waals surface area contributed by atoms with Gasteiger partial charge in [0.25, 0.3) is 10.1 Å². The predicted molar refractivity (Wildman–Crippen MR) is 51.2 cm³/mol. The molecule has 0 spiro atoms. The monoisotopic (exact) mass is 224 g/mol. The maximum atomic E-state index is 11.2. The van der Waals surface area contributed by atoms with Gasteiger partial charge in [-0.05, 0) is 13.3 Å². The van der Waals surface area contributed by atoms with E-state index in [0.29, 0.717) is 0 Å². The largest absolute Gasteiger partial charge is 0.469 e. The Bertz CT molecular complexity index is 282. The molecular formula is C8H16O5S. The molecule has 0 aliphatic heterocycles. The third-order valence-electron chi connectivity index (χ3n) is 2.01. The maximum Gasteiger partial charge on any atom is 0.308 e. The molecule has 0 amide bonds. The van der Waals surface area contributed by atoms with Gasteiger partial charge < -0.3 is 4.74 Å². The number of esters is 1. The second kappa shape index (κ2) is 5.31. The molecule has 0 aliphatic carbocycles. The molecule has 0 saturated heterocycles. The van der Waals surface area contributed by atoms with E-state index in [1.807, 2.05) is 0 Å². The van der Waals surface area contributed by atoms with Gasteiger partial charge >= 0.3 is 5.97 Å². The van der Waals surface area contributed by atoms with E-state index in [1.165, 1.54) is 14.0 Å². The van der Waals surface area contributed by atoms with Gasteiger partial charge in [0.1, 0.15) is 0 Å². The molecule has 0 aliphatic rings. The minimum Gasteiger partial charge on any atom is -0.469 e. The second-order valence-corrected chi connectivity index (χ2v) is 5.25. The van der Waals surface area contributed by atoms with Crippen LogP contribution in [0.25, 0.3) is 0 Å². The van der Waals surface area contributed by atoms with E-state index in [9.17, 15) is 13.2 Å². The molecule has 14 heavy (non-hydrogen) atoms. The molecule has 0 radical (unpaired) electrons. The van der Waals surface area contributed by atoms with Crippen molar-refractivity contribution in [3.05, 3.63) is 0 Å². The van der Waals surface area contributed by atoms with Crippen LogP contribution in [0.1, 0.15) is 20.3 Å². The Kier molecular flexibility index (Phi) is 5.07. The zero-order chi connectivity index (χ0) is 11.4. The second-order valence-electron chi connectivity index (χ2n) is 3.13. The summed E-state index contributed by atoms with van der Waals surface area (Å²) in [6.07, 6.45) is 0.197. The van der Waals surface area contributed by atoms with Gasteiger partial charge in [0.2, 0.25) is 0 Å². The molecule has 84 valence electrons. The summed E-state index contributed by atoms with van der Waals surface area (Å²) >= 11 is 0. The van der Waals surface area contributed by atoms with Crippen LogP contribution < -0.4 is 0 Å². The van der Waals surface area contributed by atoms with Gasteiger partial charge in [0, 0.05) is 0 Å². The van der Waals surface area contributed by atoms with Crippen molar-refractivity contribution < 1.29 is 22.1 Å². The van der Waals surface area contributed by atoms with E-state index in [-0.39, 0.29) is 6.42 Å². The normalized spacial score (nSPS) is 16.0. The first kappa shape index (κ1) is 13.4. The Morgan fingerprint density at radius 2 is 1.79 bits per heavy atom. The third-order valence-corrected chi connectivity index (χ3v) is 3.66. The van der Waals surface area contributed by atoms with Crippen molar-refractivity contribution in [3.8, 4) is 0 Å². The van der Waals surface area contributed by atoms with Gasteiger partial charge in [0.05, 0.1) is 25.4 Å². The van der Waals surface area contributed by atoms with Crippen molar-refractivity contribution in [2.45, 2.75) is 25.5 Å². The summed E-state index contributed by atoms with van der Waals surface area (Å²) in [7, 11) is -1.16. The fourth-order valence-electron chi connectivity index (χ4n) is 1.08. The van der Waals surface area contributed by atoms with Crippen LogP contribution in [0.4, 0.5) is 0 Å². The minimum absolute atomic E-state index is 0.197. The van der Waals surface area contributed by atoms with Gasteiger partial charge in [-0.25, -0.2) is 0 Å². The number of methoxy groups -OCH3 is 1. The van der Waals surface area contributed by atoms with Crippen molar-refractivity contribution in [1.82, 2.24) is 0 Å². The van der Waals surface area contributed by atoms with E-state index < -0.39 is 27.3 Å². The summed E-state index contributed by atoms with van der Waals surface area (Å²) < 4.78 is 31.2. The van der Waals surface area contributed by atoms with Gasteiger partial charge in [-0.15, -0.1) is 0 Å². The van der Waals surface area contributed by atoms with Crippen LogP contribution in [0.2, 0.25) is 0 Å². The Balaban J connectivity index is 4.33. The van der Waals surface area contributed by atoms with Gasteiger partial charge in [0.15, 0.2) is 0 Å². The lowest BCUT2D eigenvalue weighted by Gasteiger charge is -2.14. The van der Waals surface area contributed by atoms with Crippen LogP contribution >= 0.6 is 0 Å². The molecular weight excluding hydrogens is 208 g/mol. The maximum absolute atomic E-state index is 11.2. The number of carbonyl (C=O) groups is 1. The highest BCUT2D eigenvalue weighted by Crippen LogP contribution is 2.14. The van der Waals surface area contributed by atoms with Crippen LogP contribution in [0.3, 0.4) is 0 Å². The SMILES string of the molecule is COC(=O)C(C)CC(C)S(=O)(=O)OC. The summed E-state index contributed by atoms with van der Waals surface area (Å²) in [5.74, 6) is -0.858. The number of ether oxygens (including phenoxy) is 1. The van der Waals surface area contributed by atoms with Crippen LogP contribution in [-0.2, 0) is 23.8 Å². The first-order valence-corrected chi connectivity index (χ1v) is 5.69. The quantitative estimate of drug-likeness (QED) is 0.504. The van der Waals surface area contributed by atoms with E-state index in [2.05, 4.69) is 8.92 Å². The molecule has 0 aromatic carbocycles.